The Labute approximate surface area is 156 Å². The molecule has 0 amide bonds. The number of piperidine rings is 1. The lowest BCUT2D eigenvalue weighted by atomic mass is 9.91. The van der Waals surface area contributed by atoms with Crippen LogP contribution in [-0.2, 0) is 14.3 Å². The van der Waals surface area contributed by atoms with E-state index in [-0.39, 0.29) is 0 Å². The summed E-state index contributed by atoms with van der Waals surface area (Å²) >= 11 is 0. The normalized spacial score (nSPS) is 29.6. The van der Waals surface area contributed by atoms with Crippen LogP contribution in [0, 0.1) is 0 Å². The Balaban J connectivity index is 0.000000352. The molecule has 7 heteroatoms. The molecule has 0 bridgehead atoms. The van der Waals surface area contributed by atoms with Gasteiger partial charge in [-0.3, -0.25) is 4.90 Å². The fraction of sp³-hybridized carbons (Fsp3) is 0.895. The summed E-state index contributed by atoms with van der Waals surface area (Å²) in [5, 5.41) is 14.8. The fourth-order valence-electron chi connectivity index (χ4n) is 4.58. The van der Waals surface area contributed by atoms with E-state index in [1.54, 1.807) is 0 Å². The Hall–Kier alpha value is -1.18. The summed E-state index contributed by atoms with van der Waals surface area (Å²) in [6, 6.07) is 1.72. The number of aliphatic carboxylic acids is 2. The molecule has 1 aliphatic carbocycles. The number of morpholine rings is 1. The van der Waals surface area contributed by atoms with E-state index in [2.05, 4.69) is 23.6 Å². The van der Waals surface area contributed by atoms with Crippen LogP contribution in [-0.4, -0.2) is 82.4 Å². The minimum atomic E-state index is -1.82. The summed E-state index contributed by atoms with van der Waals surface area (Å²) in [5.41, 5.74) is 0. The molecule has 3 fully saturated rings. The van der Waals surface area contributed by atoms with E-state index in [0.29, 0.717) is 12.2 Å². The summed E-state index contributed by atoms with van der Waals surface area (Å²) in [7, 11) is 0. The maximum absolute atomic E-state index is 9.10. The zero-order chi connectivity index (χ0) is 19.1. The first kappa shape index (κ1) is 21.1. The van der Waals surface area contributed by atoms with Gasteiger partial charge in [-0.05, 0) is 52.6 Å². The summed E-state index contributed by atoms with van der Waals surface area (Å²) in [4.78, 5) is 23.7. The molecular weight excluding hydrogens is 336 g/mol. The molecule has 2 N–H and O–H groups in total. The van der Waals surface area contributed by atoms with E-state index < -0.39 is 11.9 Å². The van der Waals surface area contributed by atoms with E-state index in [4.69, 9.17) is 24.5 Å². The predicted molar refractivity (Wildman–Crippen MR) is 98.3 cm³/mol. The number of carboxylic acids is 2. The molecule has 26 heavy (non-hydrogen) atoms. The molecule has 0 radical (unpaired) electrons. The van der Waals surface area contributed by atoms with Crippen molar-refractivity contribution in [2.75, 3.05) is 26.2 Å². The van der Waals surface area contributed by atoms with Crippen LogP contribution < -0.4 is 0 Å². The summed E-state index contributed by atoms with van der Waals surface area (Å²) in [6.45, 7) is 9.38. The second kappa shape index (κ2) is 10.2. The Morgan fingerprint density at radius 3 is 1.69 bits per heavy atom. The standard InChI is InChI=1S/C17H32N2O.C2H2O4/c1-14-12-19(13-15(2)20-14)17-8-10-18(11-9-17)16-6-4-3-5-7-16;3-1(4)2(5)6/h14-17H,3-13H2,1-2H3;(H,3,4)(H,5,6). The van der Waals surface area contributed by atoms with Crippen LogP contribution in [0.5, 0.6) is 0 Å². The molecule has 150 valence electrons. The van der Waals surface area contributed by atoms with E-state index in [1.807, 2.05) is 0 Å². The van der Waals surface area contributed by atoms with Crippen LogP contribution in [0.4, 0.5) is 0 Å². The second-order valence-corrected chi connectivity index (χ2v) is 7.88. The number of ether oxygens (including phenoxy) is 1. The number of likely N-dealkylation sites (tertiary alicyclic amines) is 1. The molecule has 0 spiro atoms. The van der Waals surface area contributed by atoms with Gasteiger partial charge in [0.05, 0.1) is 12.2 Å². The van der Waals surface area contributed by atoms with Crippen molar-refractivity contribution in [1.82, 2.24) is 9.80 Å². The summed E-state index contributed by atoms with van der Waals surface area (Å²) in [5.74, 6) is -3.65. The van der Waals surface area contributed by atoms with E-state index in [9.17, 15) is 0 Å². The lowest BCUT2D eigenvalue weighted by molar-refractivity contribution is -0.159. The Morgan fingerprint density at radius 2 is 1.23 bits per heavy atom. The average molecular weight is 370 g/mol. The molecule has 3 rings (SSSR count). The maximum atomic E-state index is 9.10. The van der Waals surface area contributed by atoms with Gasteiger partial charge in [-0.2, -0.15) is 0 Å². The van der Waals surface area contributed by atoms with Gasteiger partial charge in [0.25, 0.3) is 0 Å². The van der Waals surface area contributed by atoms with Gasteiger partial charge in [0.1, 0.15) is 0 Å². The molecule has 7 nitrogen and oxygen atoms in total. The smallest absolute Gasteiger partial charge is 0.414 e. The zero-order valence-corrected chi connectivity index (χ0v) is 16.1. The van der Waals surface area contributed by atoms with Crippen LogP contribution in [0.25, 0.3) is 0 Å². The van der Waals surface area contributed by atoms with Crippen LogP contribution in [0.15, 0.2) is 0 Å². The topological polar surface area (TPSA) is 90.3 Å². The Kier molecular flexibility index (Phi) is 8.31. The van der Waals surface area contributed by atoms with Crippen molar-refractivity contribution in [3.63, 3.8) is 0 Å². The number of nitrogens with zero attached hydrogens (tertiary/aromatic N) is 2. The molecular formula is C19H34N2O5. The van der Waals surface area contributed by atoms with Gasteiger partial charge in [0.2, 0.25) is 0 Å². The highest BCUT2D eigenvalue weighted by molar-refractivity contribution is 6.27. The van der Waals surface area contributed by atoms with Crippen molar-refractivity contribution in [2.45, 2.75) is 83.1 Å². The van der Waals surface area contributed by atoms with E-state index in [1.165, 1.54) is 58.0 Å². The molecule has 2 atom stereocenters. The van der Waals surface area contributed by atoms with Crippen LogP contribution in [0.2, 0.25) is 0 Å². The lowest BCUT2D eigenvalue weighted by Crippen LogP contribution is -2.54. The number of carbonyl (C=O) groups is 2. The first-order valence-electron chi connectivity index (χ1n) is 9.96. The van der Waals surface area contributed by atoms with Crippen molar-refractivity contribution in [1.29, 1.82) is 0 Å². The highest BCUT2D eigenvalue weighted by Crippen LogP contribution is 2.27. The number of carboxylic acid groups (broad SMARTS) is 2. The molecule has 3 aliphatic rings. The molecule has 2 heterocycles. The maximum Gasteiger partial charge on any atom is 0.414 e. The van der Waals surface area contributed by atoms with Crippen LogP contribution >= 0.6 is 0 Å². The number of hydrogen-bond donors (Lipinski definition) is 2. The Morgan fingerprint density at radius 1 is 0.769 bits per heavy atom. The van der Waals surface area contributed by atoms with Gasteiger partial charge in [-0.1, -0.05) is 19.3 Å². The van der Waals surface area contributed by atoms with E-state index >= 15 is 0 Å². The van der Waals surface area contributed by atoms with Crippen molar-refractivity contribution in [2.24, 2.45) is 0 Å². The average Bonchev–Trinajstić information content (AvgIpc) is 2.62. The minimum absolute atomic E-state index is 0.412. The summed E-state index contributed by atoms with van der Waals surface area (Å²) < 4.78 is 5.87. The first-order valence-corrected chi connectivity index (χ1v) is 9.96. The third-order valence-corrected chi connectivity index (χ3v) is 5.74. The molecule has 2 aliphatic heterocycles. The highest BCUT2D eigenvalue weighted by atomic mass is 16.5. The third kappa shape index (κ3) is 6.52. The quantitative estimate of drug-likeness (QED) is 0.719. The van der Waals surface area contributed by atoms with Crippen molar-refractivity contribution in [3.05, 3.63) is 0 Å². The molecule has 2 unspecified atom stereocenters. The van der Waals surface area contributed by atoms with Gasteiger partial charge in [-0.25, -0.2) is 9.59 Å². The van der Waals surface area contributed by atoms with Gasteiger partial charge in [-0.15, -0.1) is 0 Å². The number of rotatable bonds is 2. The van der Waals surface area contributed by atoms with Crippen molar-refractivity contribution >= 4 is 11.9 Å². The van der Waals surface area contributed by atoms with Crippen molar-refractivity contribution in [3.8, 4) is 0 Å². The van der Waals surface area contributed by atoms with Crippen molar-refractivity contribution < 1.29 is 24.5 Å². The molecule has 0 aromatic heterocycles. The van der Waals surface area contributed by atoms with Crippen LogP contribution in [0.1, 0.15) is 58.8 Å². The van der Waals surface area contributed by atoms with Gasteiger partial charge in [0, 0.05) is 25.2 Å². The van der Waals surface area contributed by atoms with Gasteiger partial charge < -0.3 is 19.8 Å². The third-order valence-electron chi connectivity index (χ3n) is 5.74. The second-order valence-electron chi connectivity index (χ2n) is 7.88. The molecule has 0 aromatic rings. The largest absolute Gasteiger partial charge is 0.473 e. The zero-order valence-electron chi connectivity index (χ0n) is 16.1. The molecule has 2 saturated heterocycles. The first-order chi connectivity index (χ1) is 12.4. The highest BCUT2D eigenvalue weighted by Gasteiger charge is 2.32. The minimum Gasteiger partial charge on any atom is -0.473 e. The summed E-state index contributed by atoms with van der Waals surface area (Å²) in [6.07, 6.45) is 10.9. The Bertz CT molecular complexity index is 437. The van der Waals surface area contributed by atoms with Gasteiger partial charge >= 0.3 is 11.9 Å². The predicted octanol–water partition coefficient (Wildman–Crippen LogP) is 2.05. The number of hydrogen-bond acceptors (Lipinski definition) is 5. The lowest BCUT2D eigenvalue weighted by Gasteiger charge is -2.45. The monoisotopic (exact) mass is 370 g/mol. The fourth-order valence-corrected chi connectivity index (χ4v) is 4.58. The molecule has 1 saturated carbocycles. The molecule has 0 aromatic carbocycles. The van der Waals surface area contributed by atoms with Crippen LogP contribution in [0.3, 0.4) is 0 Å². The van der Waals surface area contributed by atoms with Gasteiger partial charge in [0.15, 0.2) is 0 Å². The SMILES string of the molecule is CC1CN(C2CCN(C3CCCCC3)CC2)CC(C)O1.O=C(O)C(=O)O. The van der Waals surface area contributed by atoms with E-state index in [0.717, 1.165) is 25.2 Å².